The van der Waals surface area contributed by atoms with Crippen molar-refractivity contribution in [1.29, 1.82) is 0 Å². The molecule has 0 unspecified atom stereocenters. The van der Waals surface area contributed by atoms with Crippen molar-refractivity contribution in [2.75, 3.05) is 13.4 Å². The number of nitrogens with zero attached hydrogens (tertiary/aromatic N) is 2. The summed E-state index contributed by atoms with van der Waals surface area (Å²) in [5.74, 6) is -0.394. The Morgan fingerprint density at radius 3 is 2.43 bits per heavy atom. The van der Waals surface area contributed by atoms with Crippen molar-refractivity contribution in [1.82, 2.24) is 9.97 Å². The lowest BCUT2D eigenvalue weighted by molar-refractivity contribution is -0.146. The third kappa shape index (κ3) is 3.95. The molecule has 114 valence electrons. The average molecular weight is 329 g/mol. The van der Waals surface area contributed by atoms with Crippen molar-refractivity contribution in [2.24, 2.45) is 11.8 Å². The zero-order valence-corrected chi connectivity index (χ0v) is 13.5. The lowest BCUT2D eigenvalue weighted by atomic mass is 9.79. The predicted molar refractivity (Wildman–Crippen MR) is 80.6 cm³/mol. The van der Waals surface area contributed by atoms with Crippen molar-refractivity contribution >= 4 is 35.1 Å². The lowest BCUT2D eigenvalue weighted by Gasteiger charge is -2.25. The minimum absolute atomic E-state index is 0.0158. The van der Waals surface area contributed by atoms with Gasteiger partial charge in [-0.3, -0.25) is 9.59 Å². The number of hydrogen-bond donors (Lipinski definition) is 0. The van der Waals surface area contributed by atoms with Crippen LogP contribution in [0.25, 0.3) is 0 Å². The van der Waals surface area contributed by atoms with Crippen LogP contribution in [0.3, 0.4) is 0 Å². The van der Waals surface area contributed by atoms with Crippen LogP contribution in [0.1, 0.15) is 36.2 Å². The number of halogens is 1. The van der Waals surface area contributed by atoms with Crippen LogP contribution in [0.5, 0.6) is 0 Å². The molecule has 1 aliphatic rings. The summed E-state index contributed by atoms with van der Waals surface area (Å²) in [7, 11) is 1.40. The number of esters is 1. The van der Waals surface area contributed by atoms with E-state index in [4.69, 9.17) is 16.3 Å². The van der Waals surface area contributed by atoms with Gasteiger partial charge < -0.3 is 4.74 Å². The van der Waals surface area contributed by atoms with Crippen molar-refractivity contribution in [3.8, 4) is 0 Å². The van der Waals surface area contributed by atoms with Crippen LogP contribution in [-0.4, -0.2) is 35.1 Å². The molecule has 2 rings (SSSR count). The first-order valence-electron chi connectivity index (χ1n) is 6.75. The Morgan fingerprint density at radius 2 is 1.86 bits per heavy atom. The molecule has 1 fully saturated rings. The van der Waals surface area contributed by atoms with Crippen LogP contribution in [0.15, 0.2) is 11.2 Å². The van der Waals surface area contributed by atoms with Crippen LogP contribution in [0.2, 0.25) is 5.15 Å². The number of thioether (sulfide) groups is 1. The zero-order valence-electron chi connectivity index (χ0n) is 12.0. The first-order valence-corrected chi connectivity index (χ1v) is 8.36. The van der Waals surface area contributed by atoms with Gasteiger partial charge in [0.15, 0.2) is 10.9 Å². The highest BCUT2D eigenvalue weighted by molar-refractivity contribution is 7.98. The van der Waals surface area contributed by atoms with Crippen molar-refractivity contribution in [3.63, 3.8) is 0 Å². The third-order valence-electron chi connectivity index (χ3n) is 3.74. The summed E-state index contributed by atoms with van der Waals surface area (Å²) < 4.78 is 4.75. The summed E-state index contributed by atoms with van der Waals surface area (Å²) in [5, 5.41) is 0.773. The molecule has 0 aliphatic heterocycles. The zero-order chi connectivity index (χ0) is 15.4. The quantitative estimate of drug-likeness (QED) is 0.278. The van der Waals surface area contributed by atoms with E-state index < -0.39 is 0 Å². The van der Waals surface area contributed by atoms with Gasteiger partial charge in [0, 0.05) is 12.0 Å². The van der Waals surface area contributed by atoms with Gasteiger partial charge in [0.2, 0.25) is 0 Å². The molecule has 1 heterocycles. The molecule has 0 atom stereocenters. The van der Waals surface area contributed by atoms with Gasteiger partial charge in [0.1, 0.15) is 10.8 Å². The molecule has 0 saturated heterocycles. The Morgan fingerprint density at radius 1 is 1.24 bits per heavy atom. The van der Waals surface area contributed by atoms with E-state index in [1.165, 1.54) is 24.9 Å². The van der Waals surface area contributed by atoms with Crippen molar-refractivity contribution in [3.05, 3.63) is 16.9 Å². The molecule has 0 amide bonds. The van der Waals surface area contributed by atoms with E-state index in [0.717, 1.165) is 0 Å². The number of rotatable bonds is 4. The molecule has 0 aromatic carbocycles. The Bertz CT molecular complexity index is 545. The van der Waals surface area contributed by atoms with E-state index in [1.54, 1.807) is 0 Å². The maximum atomic E-state index is 12.5. The molecular weight excluding hydrogens is 312 g/mol. The highest BCUT2D eigenvalue weighted by Crippen LogP contribution is 2.31. The molecule has 0 spiro atoms. The second-order valence-corrected chi connectivity index (χ2v) is 6.16. The fourth-order valence-electron chi connectivity index (χ4n) is 2.58. The SMILES string of the molecule is COC(=O)[C@H]1CC[C@H](C(=O)c2cc(Cl)nc(SC)n2)CC1. The molecule has 0 radical (unpaired) electrons. The molecule has 0 bridgehead atoms. The standard InChI is InChI=1S/C14H17ClN2O3S/c1-20-13(19)9-5-3-8(4-6-9)12(18)10-7-11(15)17-14(16-10)21-2/h7-9H,3-6H2,1-2H3/t8-,9-. The van der Waals surface area contributed by atoms with E-state index in [9.17, 15) is 9.59 Å². The average Bonchev–Trinajstić information content (AvgIpc) is 2.52. The van der Waals surface area contributed by atoms with Crippen LogP contribution in [-0.2, 0) is 9.53 Å². The molecule has 7 heteroatoms. The molecule has 1 aliphatic carbocycles. The van der Waals surface area contributed by atoms with Crippen LogP contribution in [0, 0.1) is 11.8 Å². The fraction of sp³-hybridized carbons (Fsp3) is 0.571. The second-order valence-electron chi connectivity index (χ2n) is 5.00. The first-order chi connectivity index (χ1) is 10.0. The maximum absolute atomic E-state index is 12.5. The number of methoxy groups -OCH3 is 1. The van der Waals surface area contributed by atoms with Gasteiger partial charge >= 0.3 is 5.97 Å². The molecule has 5 nitrogen and oxygen atoms in total. The summed E-state index contributed by atoms with van der Waals surface area (Å²) in [6.07, 6.45) is 4.54. The minimum Gasteiger partial charge on any atom is -0.469 e. The van der Waals surface area contributed by atoms with Crippen molar-refractivity contribution in [2.45, 2.75) is 30.8 Å². The molecule has 0 N–H and O–H groups in total. The van der Waals surface area contributed by atoms with Gasteiger partial charge in [0.25, 0.3) is 0 Å². The second kappa shape index (κ2) is 7.22. The number of ether oxygens (including phenoxy) is 1. The summed E-state index contributed by atoms with van der Waals surface area (Å²) >= 11 is 7.27. The number of hydrogen-bond acceptors (Lipinski definition) is 6. The number of aromatic nitrogens is 2. The smallest absolute Gasteiger partial charge is 0.308 e. The molecule has 21 heavy (non-hydrogen) atoms. The highest BCUT2D eigenvalue weighted by Gasteiger charge is 2.31. The van der Waals surface area contributed by atoms with Gasteiger partial charge in [-0.15, -0.1) is 0 Å². The third-order valence-corrected chi connectivity index (χ3v) is 4.48. The van der Waals surface area contributed by atoms with E-state index >= 15 is 0 Å². The summed E-state index contributed by atoms with van der Waals surface area (Å²) in [4.78, 5) is 32.2. The Kier molecular flexibility index (Phi) is 5.58. The Balaban J connectivity index is 2.05. The van der Waals surface area contributed by atoms with Gasteiger partial charge in [-0.25, -0.2) is 9.97 Å². The van der Waals surface area contributed by atoms with Gasteiger partial charge in [-0.1, -0.05) is 23.4 Å². The normalized spacial score (nSPS) is 21.9. The van der Waals surface area contributed by atoms with E-state index in [2.05, 4.69) is 9.97 Å². The van der Waals surface area contributed by atoms with E-state index in [1.807, 2.05) is 6.26 Å². The fourth-order valence-corrected chi connectivity index (χ4v) is 3.19. The predicted octanol–water partition coefficient (Wildman–Crippen LogP) is 3.01. The summed E-state index contributed by atoms with van der Waals surface area (Å²) in [6.45, 7) is 0. The van der Waals surface area contributed by atoms with Crippen LogP contribution < -0.4 is 0 Å². The number of carbonyl (C=O) groups is 2. The number of ketones is 1. The lowest BCUT2D eigenvalue weighted by Crippen LogP contribution is -2.27. The molecular formula is C14H17ClN2O3S. The monoisotopic (exact) mass is 328 g/mol. The maximum Gasteiger partial charge on any atom is 0.308 e. The largest absolute Gasteiger partial charge is 0.469 e. The Labute approximate surface area is 132 Å². The summed E-state index contributed by atoms with van der Waals surface area (Å²) in [6, 6.07) is 1.51. The Hall–Kier alpha value is -1.14. The van der Waals surface area contributed by atoms with E-state index in [0.29, 0.717) is 36.5 Å². The molecule has 1 aromatic rings. The van der Waals surface area contributed by atoms with Gasteiger partial charge in [0.05, 0.1) is 13.0 Å². The van der Waals surface area contributed by atoms with Gasteiger partial charge in [-0.2, -0.15) is 0 Å². The topological polar surface area (TPSA) is 69.2 Å². The summed E-state index contributed by atoms with van der Waals surface area (Å²) in [5.41, 5.74) is 0.362. The van der Waals surface area contributed by atoms with Gasteiger partial charge in [-0.05, 0) is 31.9 Å². The minimum atomic E-state index is -0.185. The van der Waals surface area contributed by atoms with Crippen LogP contribution in [0.4, 0.5) is 0 Å². The first kappa shape index (κ1) is 16.2. The molecule has 1 aromatic heterocycles. The van der Waals surface area contributed by atoms with Crippen molar-refractivity contribution < 1.29 is 14.3 Å². The number of Topliss-reactive ketones (excluding diaryl/α,β-unsaturated/α-hetero) is 1. The van der Waals surface area contributed by atoms with Crippen LogP contribution >= 0.6 is 23.4 Å². The number of carbonyl (C=O) groups excluding carboxylic acids is 2. The molecule has 1 saturated carbocycles. The highest BCUT2D eigenvalue weighted by atomic mass is 35.5. The van der Waals surface area contributed by atoms with E-state index in [-0.39, 0.29) is 28.7 Å².